The fraction of sp³-hybridized carbons (Fsp3) is 0.357. The number of esters is 1. The third-order valence-electron chi connectivity index (χ3n) is 2.45. The number of hydrogen-bond donors (Lipinski definition) is 1. The van der Waals surface area contributed by atoms with Gasteiger partial charge in [-0.1, -0.05) is 12.1 Å². The van der Waals surface area contributed by atoms with Crippen LogP contribution in [0.5, 0.6) is 5.75 Å². The average Bonchev–Trinajstić information content (AvgIpc) is 2.43. The van der Waals surface area contributed by atoms with Crippen LogP contribution in [0, 0.1) is 0 Å². The first-order chi connectivity index (χ1) is 9.54. The van der Waals surface area contributed by atoms with Crippen LogP contribution in [-0.2, 0) is 14.3 Å². The van der Waals surface area contributed by atoms with E-state index in [0.717, 1.165) is 0 Å². The number of rotatable bonds is 8. The molecule has 1 aromatic carbocycles. The molecule has 0 aliphatic heterocycles. The van der Waals surface area contributed by atoms with Crippen molar-refractivity contribution in [2.45, 2.75) is 19.8 Å². The van der Waals surface area contributed by atoms with Gasteiger partial charge in [0.25, 0.3) is 5.91 Å². The lowest BCUT2D eigenvalue weighted by Crippen LogP contribution is -2.17. The van der Waals surface area contributed by atoms with Gasteiger partial charge in [0.05, 0.1) is 18.6 Å². The first-order valence-electron chi connectivity index (χ1n) is 6.23. The summed E-state index contributed by atoms with van der Waals surface area (Å²) in [6.07, 6.45) is 0.0606. The molecule has 108 valence electrons. The molecule has 1 rings (SSSR count). The normalized spacial score (nSPS) is 9.85. The van der Waals surface area contributed by atoms with Gasteiger partial charge in [-0.05, 0) is 19.1 Å². The molecule has 0 atom stereocenters. The SMILES string of the molecule is CCOC(=O)CCC(=O)COc1ccccc1C(N)=O. The van der Waals surface area contributed by atoms with Gasteiger partial charge in [0.1, 0.15) is 12.4 Å². The quantitative estimate of drug-likeness (QED) is 0.718. The van der Waals surface area contributed by atoms with Crippen molar-refractivity contribution >= 4 is 17.7 Å². The van der Waals surface area contributed by atoms with E-state index in [0.29, 0.717) is 0 Å². The lowest BCUT2D eigenvalue weighted by atomic mass is 10.2. The Morgan fingerprint density at radius 1 is 1.15 bits per heavy atom. The van der Waals surface area contributed by atoms with Crippen molar-refractivity contribution in [1.29, 1.82) is 0 Å². The van der Waals surface area contributed by atoms with E-state index in [1.54, 1.807) is 25.1 Å². The first kappa shape index (κ1) is 15.7. The Bertz CT molecular complexity index is 498. The van der Waals surface area contributed by atoms with Gasteiger partial charge >= 0.3 is 5.97 Å². The highest BCUT2D eigenvalue weighted by Gasteiger charge is 2.11. The van der Waals surface area contributed by atoms with Gasteiger partial charge < -0.3 is 15.2 Å². The van der Waals surface area contributed by atoms with E-state index in [1.165, 1.54) is 6.07 Å². The summed E-state index contributed by atoms with van der Waals surface area (Å²) in [4.78, 5) is 33.8. The third-order valence-corrected chi connectivity index (χ3v) is 2.45. The molecule has 0 radical (unpaired) electrons. The number of para-hydroxylation sites is 1. The number of nitrogens with two attached hydrogens (primary N) is 1. The zero-order valence-corrected chi connectivity index (χ0v) is 11.3. The van der Waals surface area contributed by atoms with Gasteiger partial charge in [-0.3, -0.25) is 14.4 Å². The summed E-state index contributed by atoms with van der Waals surface area (Å²) >= 11 is 0. The molecule has 1 aromatic rings. The monoisotopic (exact) mass is 279 g/mol. The summed E-state index contributed by atoms with van der Waals surface area (Å²) in [7, 11) is 0. The van der Waals surface area contributed by atoms with Crippen molar-refractivity contribution in [3.8, 4) is 5.75 Å². The second-order valence-electron chi connectivity index (χ2n) is 3.99. The number of ether oxygens (including phenoxy) is 2. The molecule has 20 heavy (non-hydrogen) atoms. The molecular formula is C14H17NO5. The zero-order valence-electron chi connectivity index (χ0n) is 11.3. The Kier molecular flexibility index (Phi) is 6.22. The zero-order chi connectivity index (χ0) is 15.0. The number of amides is 1. The average molecular weight is 279 g/mol. The highest BCUT2D eigenvalue weighted by molar-refractivity contribution is 5.95. The van der Waals surface area contributed by atoms with Gasteiger partial charge in [-0.2, -0.15) is 0 Å². The maximum absolute atomic E-state index is 11.6. The van der Waals surface area contributed by atoms with Crippen LogP contribution in [0.3, 0.4) is 0 Å². The standard InChI is InChI=1S/C14H17NO5/c1-2-19-13(17)8-7-10(16)9-20-12-6-4-3-5-11(12)14(15)18/h3-6H,2,7-9H2,1H3,(H2,15,18). The van der Waals surface area contributed by atoms with Crippen molar-refractivity contribution in [1.82, 2.24) is 0 Å². The van der Waals surface area contributed by atoms with Gasteiger partial charge in [0.2, 0.25) is 0 Å². The molecule has 0 spiro atoms. The molecule has 0 saturated heterocycles. The fourth-order valence-electron chi connectivity index (χ4n) is 1.50. The maximum atomic E-state index is 11.6. The minimum absolute atomic E-state index is 0.0213. The molecule has 2 N–H and O–H groups in total. The molecule has 0 heterocycles. The van der Waals surface area contributed by atoms with Crippen LogP contribution in [0.2, 0.25) is 0 Å². The smallest absolute Gasteiger partial charge is 0.306 e. The number of ketones is 1. The molecule has 1 amide bonds. The van der Waals surface area contributed by atoms with Crippen LogP contribution in [0.15, 0.2) is 24.3 Å². The Morgan fingerprint density at radius 2 is 1.85 bits per heavy atom. The molecule has 0 fully saturated rings. The van der Waals surface area contributed by atoms with E-state index >= 15 is 0 Å². The molecule has 0 aliphatic carbocycles. The summed E-state index contributed by atoms with van der Waals surface area (Å²) in [6.45, 7) is 1.77. The molecule has 6 nitrogen and oxygen atoms in total. The van der Waals surface area contributed by atoms with Crippen LogP contribution in [0.4, 0.5) is 0 Å². The number of Topliss-reactive ketones (excluding diaryl/α,β-unsaturated/α-hetero) is 1. The summed E-state index contributed by atoms with van der Waals surface area (Å²) in [5.74, 6) is -1.04. The number of benzene rings is 1. The molecule has 0 aliphatic rings. The Morgan fingerprint density at radius 3 is 2.50 bits per heavy atom. The third kappa shape index (κ3) is 5.09. The number of hydrogen-bond acceptors (Lipinski definition) is 5. The van der Waals surface area contributed by atoms with Crippen molar-refractivity contribution in [3.05, 3.63) is 29.8 Å². The van der Waals surface area contributed by atoms with E-state index in [2.05, 4.69) is 0 Å². The molecule has 0 aromatic heterocycles. The lowest BCUT2D eigenvalue weighted by Gasteiger charge is -2.08. The predicted octanol–water partition coefficient (Wildman–Crippen LogP) is 1.08. The van der Waals surface area contributed by atoms with E-state index in [4.69, 9.17) is 15.2 Å². The second kappa shape index (κ2) is 7.93. The Balaban J connectivity index is 2.45. The maximum Gasteiger partial charge on any atom is 0.306 e. The van der Waals surface area contributed by atoms with Gasteiger partial charge in [0.15, 0.2) is 5.78 Å². The van der Waals surface area contributed by atoms with Crippen LogP contribution >= 0.6 is 0 Å². The molecule has 0 bridgehead atoms. The van der Waals surface area contributed by atoms with Crippen LogP contribution in [0.1, 0.15) is 30.1 Å². The van der Waals surface area contributed by atoms with Gasteiger partial charge in [-0.25, -0.2) is 0 Å². The van der Waals surface area contributed by atoms with Crippen molar-refractivity contribution in [2.75, 3.05) is 13.2 Å². The predicted molar refractivity (Wildman–Crippen MR) is 71.3 cm³/mol. The van der Waals surface area contributed by atoms with E-state index < -0.39 is 11.9 Å². The Labute approximate surface area is 116 Å². The second-order valence-corrected chi connectivity index (χ2v) is 3.99. The van der Waals surface area contributed by atoms with Crippen molar-refractivity contribution in [2.24, 2.45) is 5.73 Å². The molecule has 0 saturated carbocycles. The van der Waals surface area contributed by atoms with Crippen molar-refractivity contribution < 1.29 is 23.9 Å². The highest BCUT2D eigenvalue weighted by atomic mass is 16.5. The molecule has 6 heteroatoms. The number of carbonyl (C=O) groups is 3. The van der Waals surface area contributed by atoms with Crippen LogP contribution in [-0.4, -0.2) is 30.9 Å². The Hall–Kier alpha value is -2.37. The molecular weight excluding hydrogens is 262 g/mol. The van der Waals surface area contributed by atoms with E-state index in [1.807, 2.05) is 0 Å². The fourth-order valence-corrected chi connectivity index (χ4v) is 1.50. The summed E-state index contributed by atoms with van der Waals surface area (Å²) < 4.78 is 9.96. The number of primary amides is 1. The molecule has 0 unspecified atom stereocenters. The lowest BCUT2D eigenvalue weighted by molar-refractivity contribution is -0.144. The van der Waals surface area contributed by atoms with Crippen molar-refractivity contribution in [3.63, 3.8) is 0 Å². The van der Waals surface area contributed by atoms with Crippen LogP contribution in [0.25, 0.3) is 0 Å². The minimum atomic E-state index is -0.625. The number of carbonyl (C=O) groups excluding carboxylic acids is 3. The summed E-state index contributed by atoms with van der Waals surface area (Å²) in [6, 6.07) is 6.39. The topological polar surface area (TPSA) is 95.7 Å². The highest BCUT2D eigenvalue weighted by Crippen LogP contribution is 2.17. The summed E-state index contributed by atoms with van der Waals surface area (Å²) in [5.41, 5.74) is 5.40. The van der Waals surface area contributed by atoms with Crippen LogP contribution < -0.4 is 10.5 Å². The first-order valence-corrected chi connectivity index (χ1v) is 6.23. The largest absolute Gasteiger partial charge is 0.485 e. The minimum Gasteiger partial charge on any atom is -0.485 e. The summed E-state index contributed by atoms with van der Waals surface area (Å²) in [5, 5.41) is 0. The van der Waals surface area contributed by atoms with Gasteiger partial charge in [0, 0.05) is 6.42 Å². The van der Waals surface area contributed by atoms with E-state index in [9.17, 15) is 14.4 Å². The van der Waals surface area contributed by atoms with E-state index in [-0.39, 0.29) is 43.2 Å². The van der Waals surface area contributed by atoms with Gasteiger partial charge in [-0.15, -0.1) is 0 Å².